The number of hydrogen-bond donors (Lipinski definition) is 2. The maximum Gasteiger partial charge on any atom is 0.0833 e. The van der Waals surface area contributed by atoms with Crippen LogP contribution < -0.4 is 5.32 Å². The average Bonchev–Trinajstić information content (AvgIpc) is 2.17. The first-order valence-corrected chi connectivity index (χ1v) is 7.71. The highest BCUT2D eigenvalue weighted by atomic mass is 32.2. The molecule has 1 rings (SSSR count). The Balaban J connectivity index is 2.17. The zero-order valence-electron chi connectivity index (χ0n) is 9.08. The van der Waals surface area contributed by atoms with E-state index in [0.717, 1.165) is 12.3 Å². The third-order valence-corrected chi connectivity index (χ3v) is 4.41. The average molecular weight is 235 g/mol. The van der Waals surface area contributed by atoms with Crippen molar-refractivity contribution in [2.24, 2.45) is 0 Å². The normalized spacial score (nSPS) is 23.4. The van der Waals surface area contributed by atoms with Crippen molar-refractivity contribution in [3.05, 3.63) is 0 Å². The van der Waals surface area contributed by atoms with E-state index < -0.39 is 5.60 Å². The number of rotatable bonds is 5. The summed E-state index contributed by atoms with van der Waals surface area (Å²) < 4.78 is 0. The molecule has 1 heterocycles. The van der Waals surface area contributed by atoms with Crippen LogP contribution in [0, 0.1) is 0 Å². The van der Waals surface area contributed by atoms with Gasteiger partial charge in [0.05, 0.1) is 5.60 Å². The summed E-state index contributed by atoms with van der Waals surface area (Å²) in [6.45, 7) is 2.64. The van der Waals surface area contributed by atoms with E-state index in [1.165, 1.54) is 24.3 Å². The molecule has 84 valence electrons. The van der Waals surface area contributed by atoms with Crippen LogP contribution >= 0.6 is 23.5 Å². The van der Waals surface area contributed by atoms with Crippen molar-refractivity contribution in [2.45, 2.75) is 31.4 Å². The number of nitrogens with one attached hydrogen (secondary N) is 1. The highest BCUT2D eigenvalue weighted by Gasteiger charge is 2.21. The van der Waals surface area contributed by atoms with Crippen LogP contribution in [-0.4, -0.2) is 46.8 Å². The molecule has 2 N–H and O–H groups in total. The second-order valence-electron chi connectivity index (χ2n) is 4.20. The zero-order valence-corrected chi connectivity index (χ0v) is 10.7. The molecule has 0 aromatic carbocycles. The molecule has 0 aromatic rings. The van der Waals surface area contributed by atoms with Gasteiger partial charge in [0.1, 0.15) is 0 Å². The Morgan fingerprint density at radius 3 is 2.71 bits per heavy atom. The first kappa shape index (κ1) is 12.7. The summed E-state index contributed by atoms with van der Waals surface area (Å²) in [7, 11) is 0. The van der Waals surface area contributed by atoms with Crippen LogP contribution in [0.15, 0.2) is 0 Å². The van der Waals surface area contributed by atoms with Crippen LogP contribution in [0.4, 0.5) is 0 Å². The Morgan fingerprint density at radius 1 is 1.50 bits per heavy atom. The monoisotopic (exact) mass is 235 g/mol. The molecule has 14 heavy (non-hydrogen) atoms. The maximum atomic E-state index is 9.96. The molecular weight excluding hydrogens is 214 g/mol. The van der Waals surface area contributed by atoms with Crippen molar-refractivity contribution in [1.82, 2.24) is 5.32 Å². The molecule has 1 aliphatic rings. The SMILES string of the molecule is CSCC(C)(O)CNC1CCSCC1. The van der Waals surface area contributed by atoms with Crippen molar-refractivity contribution >= 4 is 23.5 Å². The quantitative estimate of drug-likeness (QED) is 0.758. The van der Waals surface area contributed by atoms with E-state index in [9.17, 15) is 5.11 Å². The molecule has 0 aromatic heterocycles. The van der Waals surface area contributed by atoms with Crippen molar-refractivity contribution in [1.29, 1.82) is 0 Å². The van der Waals surface area contributed by atoms with Crippen LogP contribution in [0.5, 0.6) is 0 Å². The molecule has 0 saturated carbocycles. The van der Waals surface area contributed by atoms with Crippen molar-refractivity contribution in [3.63, 3.8) is 0 Å². The lowest BCUT2D eigenvalue weighted by Crippen LogP contribution is -2.45. The highest BCUT2D eigenvalue weighted by Crippen LogP contribution is 2.18. The fraction of sp³-hybridized carbons (Fsp3) is 1.00. The Kier molecular flexibility index (Phi) is 5.67. The van der Waals surface area contributed by atoms with Gasteiger partial charge < -0.3 is 10.4 Å². The molecule has 1 unspecified atom stereocenters. The third-order valence-electron chi connectivity index (χ3n) is 2.45. The van der Waals surface area contributed by atoms with Gasteiger partial charge in [-0.25, -0.2) is 0 Å². The minimum Gasteiger partial charge on any atom is -0.388 e. The van der Waals surface area contributed by atoms with Gasteiger partial charge in [0.2, 0.25) is 0 Å². The van der Waals surface area contributed by atoms with E-state index >= 15 is 0 Å². The van der Waals surface area contributed by atoms with Gasteiger partial charge in [-0.05, 0) is 37.5 Å². The molecule has 0 bridgehead atoms. The fourth-order valence-corrected chi connectivity index (χ4v) is 3.46. The summed E-state index contributed by atoms with van der Waals surface area (Å²) in [5, 5.41) is 13.4. The van der Waals surface area contributed by atoms with E-state index in [-0.39, 0.29) is 0 Å². The third kappa shape index (κ3) is 4.91. The molecule has 0 spiro atoms. The van der Waals surface area contributed by atoms with Gasteiger partial charge in [-0.1, -0.05) is 0 Å². The number of aliphatic hydroxyl groups is 1. The molecule has 4 heteroatoms. The van der Waals surface area contributed by atoms with Crippen LogP contribution in [0.3, 0.4) is 0 Å². The van der Waals surface area contributed by atoms with Gasteiger partial charge in [0.25, 0.3) is 0 Å². The van der Waals surface area contributed by atoms with E-state index in [1.807, 2.05) is 24.9 Å². The summed E-state index contributed by atoms with van der Waals surface area (Å²) in [5.74, 6) is 3.34. The molecule has 1 atom stereocenters. The topological polar surface area (TPSA) is 32.3 Å². The van der Waals surface area contributed by atoms with Gasteiger partial charge in [-0.3, -0.25) is 0 Å². The predicted molar refractivity (Wildman–Crippen MR) is 67.4 cm³/mol. The lowest BCUT2D eigenvalue weighted by atomic mass is 10.1. The summed E-state index contributed by atoms with van der Waals surface area (Å²) >= 11 is 3.74. The smallest absolute Gasteiger partial charge is 0.0833 e. The van der Waals surface area contributed by atoms with E-state index in [1.54, 1.807) is 11.8 Å². The molecule has 1 fully saturated rings. The Hall–Kier alpha value is 0.620. The van der Waals surface area contributed by atoms with Gasteiger partial charge in [-0.15, -0.1) is 0 Å². The van der Waals surface area contributed by atoms with E-state index in [4.69, 9.17) is 0 Å². The first-order chi connectivity index (χ1) is 6.64. The molecule has 0 radical (unpaired) electrons. The second kappa shape index (κ2) is 6.26. The lowest BCUT2D eigenvalue weighted by molar-refractivity contribution is 0.0810. The predicted octanol–water partition coefficient (Wildman–Crippen LogP) is 1.59. The number of hydrogen-bond acceptors (Lipinski definition) is 4. The second-order valence-corrected chi connectivity index (χ2v) is 6.29. The maximum absolute atomic E-state index is 9.96. The zero-order chi connectivity index (χ0) is 10.4. The molecular formula is C10H21NOS2. The Labute approximate surface area is 95.6 Å². The van der Waals surface area contributed by atoms with Crippen LogP contribution in [0.1, 0.15) is 19.8 Å². The van der Waals surface area contributed by atoms with Gasteiger partial charge in [0.15, 0.2) is 0 Å². The van der Waals surface area contributed by atoms with Crippen molar-refractivity contribution in [2.75, 3.05) is 30.1 Å². The van der Waals surface area contributed by atoms with Gasteiger partial charge >= 0.3 is 0 Å². The summed E-state index contributed by atoms with van der Waals surface area (Å²) in [5.41, 5.74) is -0.552. The summed E-state index contributed by atoms with van der Waals surface area (Å²) in [4.78, 5) is 0. The van der Waals surface area contributed by atoms with Gasteiger partial charge in [-0.2, -0.15) is 23.5 Å². The van der Waals surface area contributed by atoms with E-state index in [2.05, 4.69) is 5.32 Å². The van der Waals surface area contributed by atoms with Crippen molar-refractivity contribution in [3.8, 4) is 0 Å². The van der Waals surface area contributed by atoms with Crippen LogP contribution in [-0.2, 0) is 0 Å². The van der Waals surface area contributed by atoms with Crippen molar-refractivity contribution < 1.29 is 5.11 Å². The highest BCUT2D eigenvalue weighted by molar-refractivity contribution is 7.99. The molecule has 0 aliphatic carbocycles. The lowest BCUT2D eigenvalue weighted by Gasteiger charge is -2.28. The Bertz CT molecular complexity index is 158. The molecule has 1 aliphatic heterocycles. The minimum atomic E-state index is -0.552. The molecule has 1 saturated heterocycles. The van der Waals surface area contributed by atoms with Crippen LogP contribution in [0.2, 0.25) is 0 Å². The Morgan fingerprint density at radius 2 is 2.14 bits per heavy atom. The number of thioether (sulfide) groups is 2. The minimum absolute atomic E-state index is 0.552. The molecule has 0 amide bonds. The largest absolute Gasteiger partial charge is 0.388 e. The summed E-state index contributed by atoms with van der Waals surface area (Å²) in [6.07, 6.45) is 4.53. The van der Waals surface area contributed by atoms with Crippen LogP contribution in [0.25, 0.3) is 0 Å². The standard InChI is InChI=1S/C10H21NOS2/c1-10(12,8-13-2)7-11-9-3-5-14-6-4-9/h9,11-12H,3-8H2,1-2H3. The fourth-order valence-electron chi connectivity index (χ4n) is 1.63. The summed E-state index contributed by atoms with van der Waals surface area (Å²) in [6, 6.07) is 0.629. The van der Waals surface area contributed by atoms with Gasteiger partial charge in [0, 0.05) is 18.3 Å². The molecule has 2 nitrogen and oxygen atoms in total. The first-order valence-electron chi connectivity index (χ1n) is 5.16. The van der Waals surface area contributed by atoms with E-state index in [0.29, 0.717) is 6.04 Å².